The molecule has 0 saturated carbocycles. The highest BCUT2D eigenvalue weighted by Crippen LogP contribution is 2.35. The molecule has 0 radical (unpaired) electrons. The summed E-state index contributed by atoms with van der Waals surface area (Å²) < 4.78 is 36.3. The third kappa shape index (κ3) is 2.39. The van der Waals surface area contributed by atoms with Gasteiger partial charge in [0.2, 0.25) is 12.7 Å². The molecule has 1 atom stereocenters. The summed E-state index contributed by atoms with van der Waals surface area (Å²) >= 11 is 0. The molecule has 2 aromatic carbocycles. The molecule has 2 aliphatic heterocycles. The molecule has 2 amide bonds. The summed E-state index contributed by atoms with van der Waals surface area (Å²) in [6.45, 7) is 1.46. The lowest BCUT2D eigenvalue weighted by molar-refractivity contribution is -0.118. The fourth-order valence-electron chi connectivity index (χ4n) is 2.91. The van der Waals surface area contributed by atoms with Crippen molar-refractivity contribution in [2.45, 2.75) is 17.9 Å². The zero-order chi connectivity index (χ0) is 18.5. The second kappa shape index (κ2) is 5.73. The Bertz CT molecular complexity index is 1030. The van der Waals surface area contributed by atoms with Crippen LogP contribution in [-0.2, 0) is 14.8 Å². The van der Waals surface area contributed by atoms with Gasteiger partial charge in [0.25, 0.3) is 15.9 Å². The summed E-state index contributed by atoms with van der Waals surface area (Å²) in [5, 5.41) is 2.60. The Kier molecular flexibility index (Phi) is 3.62. The van der Waals surface area contributed by atoms with E-state index >= 15 is 0 Å². The zero-order valence-electron chi connectivity index (χ0n) is 13.6. The van der Waals surface area contributed by atoms with Gasteiger partial charge in [-0.3, -0.25) is 9.59 Å². The van der Waals surface area contributed by atoms with Crippen molar-refractivity contribution in [2.75, 3.05) is 12.1 Å². The molecule has 0 bridgehead atoms. The minimum absolute atomic E-state index is 0.0650. The zero-order valence-corrected chi connectivity index (χ0v) is 14.4. The molecule has 4 rings (SSSR count). The van der Waals surface area contributed by atoms with Gasteiger partial charge in [0.15, 0.2) is 11.5 Å². The number of amides is 2. The first kappa shape index (κ1) is 16.4. The van der Waals surface area contributed by atoms with Crippen LogP contribution in [-0.4, -0.2) is 37.4 Å². The Morgan fingerprint density at radius 1 is 1.15 bits per heavy atom. The van der Waals surface area contributed by atoms with Gasteiger partial charge < -0.3 is 14.8 Å². The number of hydrogen-bond donors (Lipinski definition) is 1. The van der Waals surface area contributed by atoms with Gasteiger partial charge in [-0.15, -0.1) is 0 Å². The first-order chi connectivity index (χ1) is 12.4. The average molecular weight is 374 g/mol. The number of anilines is 1. The lowest BCUT2D eigenvalue weighted by Gasteiger charge is -2.22. The van der Waals surface area contributed by atoms with Crippen LogP contribution in [0.25, 0.3) is 0 Å². The number of carbonyl (C=O) groups is 2. The number of sulfonamides is 1. The maximum absolute atomic E-state index is 12.6. The van der Waals surface area contributed by atoms with E-state index in [4.69, 9.17) is 9.47 Å². The van der Waals surface area contributed by atoms with Gasteiger partial charge in [-0.1, -0.05) is 12.1 Å². The Hall–Kier alpha value is -3.07. The van der Waals surface area contributed by atoms with Crippen molar-refractivity contribution in [3.8, 4) is 11.5 Å². The predicted molar refractivity (Wildman–Crippen MR) is 90.5 cm³/mol. The van der Waals surface area contributed by atoms with E-state index in [9.17, 15) is 18.0 Å². The topological polar surface area (TPSA) is 102 Å². The lowest BCUT2D eigenvalue weighted by atomic mass is 10.2. The number of hydrogen-bond acceptors (Lipinski definition) is 6. The van der Waals surface area contributed by atoms with E-state index in [0.717, 1.165) is 0 Å². The lowest BCUT2D eigenvalue weighted by Crippen LogP contribution is -2.45. The van der Waals surface area contributed by atoms with Crippen molar-refractivity contribution in [2.24, 2.45) is 0 Å². The fraction of sp³-hybridized carbons (Fsp3) is 0.176. The van der Waals surface area contributed by atoms with Crippen LogP contribution < -0.4 is 14.8 Å². The summed E-state index contributed by atoms with van der Waals surface area (Å²) in [5.41, 5.74) is 0.475. The van der Waals surface area contributed by atoms with Gasteiger partial charge in [0.1, 0.15) is 10.9 Å². The average Bonchev–Trinajstić information content (AvgIpc) is 3.16. The van der Waals surface area contributed by atoms with Gasteiger partial charge in [0.05, 0.1) is 5.56 Å². The molecule has 9 heteroatoms. The molecule has 2 aromatic rings. The molecule has 1 N–H and O–H groups in total. The first-order valence-electron chi connectivity index (χ1n) is 7.78. The van der Waals surface area contributed by atoms with E-state index in [1.165, 1.54) is 25.1 Å². The van der Waals surface area contributed by atoms with Gasteiger partial charge in [0, 0.05) is 11.8 Å². The minimum Gasteiger partial charge on any atom is -0.454 e. The normalized spacial score (nSPS) is 17.7. The highest BCUT2D eigenvalue weighted by Gasteiger charge is 2.45. The fourth-order valence-corrected chi connectivity index (χ4v) is 4.64. The number of nitrogens with zero attached hydrogens (tertiary/aromatic N) is 1. The highest BCUT2D eigenvalue weighted by molar-refractivity contribution is 7.90. The highest BCUT2D eigenvalue weighted by atomic mass is 32.2. The molecule has 0 spiro atoms. The van der Waals surface area contributed by atoms with E-state index in [1.807, 2.05) is 0 Å². The van der Waals surface area contributed by atoms with Crippen LogP contribution in [0.2, 0.25) is 0 Å². The molecule has 2 heterocycles. The number of carbonyl (C=O) groups excluding carboxylic acids is 2. The number of rotatable bonds is 3. The molecule has 0 aliphatic carbocycles. The number of ether oxygens (including phenoxy) is 2. The van der Waals surface area contributed by atoms with Gasteiger partial charge in [-0.2, -0.15) is 0 Å². The number of fused-ring (bicyclic) bond motifs is 2. The van der Waals surface area contributed by atoms with Crippen molar-refractivity contribution in [3.05, 3.63) is 48.0 Å². The molecular formula is C17H14N2O6S. The van der Waals surface area contributed by atoms with Crippen molar-refractivity contribution >= 4 is 27.5 Å². The monoisotopic (exact) mass is 374 g/mol. The molecule has 134 valence electrons. The van der Waals surface area contributed by atoms with Crippen LogP contribution >= 0.6 is 0 Å². The molecule has 1 unspecified atom stereocenters. The Morgan fingerprint density at radius 3 is 2.65 bits per heavy atom. The molecule has 26 heavy (non-hydrogen) atoms. The Labute approximate surface area is 149 Å². The third-order valence-corrected chi connectivity index (χ3v) is 6.14. The molecule has 2 aliphatic rings. The maximum Gasteiger partial charge on any atom is 0.269 e. The first-order valence-corrected chi connectivity index (χ1v) is 9.22. The molecule has 0 aromatic heterocycles. The summed E-state index contributed by atoms with van der Waals surface area (Å²) in [6.07, 6.45) is 0. The van der Waals surface area contributed by atoms with E-state index < -0.39 is 27.9 Å². The third-order valence-electron chi connectivity index (χ3n) is 4.23. The van der Waals surface area contributed by atoms with Crippen molar-refractivity contribution in [3.63, 3.8) is 0 Å². The van der Waals surface area contributed by atoms with Crippen molar-refractivity contribution in [1.29, 1.82) is 0 Å². The van der Waals surface area contributed by atoms with Crippen molar-refractivity contribution in [1.82, 2.24) is 4.31 Å². The van der Waals surface area contributed by atoms with E-state index in [-0.39, 0.29) is 17.3 Å². The largest absolute Gasteiger partial charge is 0.454 e. The Balaban J connectivity index is 1.59. The SMILES string of the molecule is CC(C(=O)Nc1ccc2c(c1)OCO2)N1C(=O)c2ccccc2S1(=O)=O. The van der Waals surface area contributed by atoms with Crippen LogP contribution in [0, 0.1) is 0 Å². The van der Waals surface area contributed by atoms with Gasteiger partial charge >= 0.3 is 0 Å². The molecule has 0 fully saturated rings. The number of benzene rings is 2. The van der Waals surface area contributed by atoms with Gasteiger partial charge in [-0.05, 0) is 31.2 Å². The predicted octanol–water partition coefficient (Wildman–Crippen LogP) is 1.59. The summed E-state index contributed by atoms with van der Waals surface area (Å²) in [5.74, 6) is -0.306. The second-order valence-corrected chi connectivity index (χ2v) is 7.62. The van der Waals surface area contributed by atoms with E-state index in [1.54, 1.807) is 24.3 Å². The van der Waals surface area contributed by atoms with Gasteiger partial charge in [-0.25, -0.2) is 12.7 Å². The van der Waals surface area contributed by atoms with Crippen LogP contribution in [0.4, 0.5) is 5.69 Å². The summed E-state index contributed by atoms with van der Waals surface area (Å²) in [7, 11) is -4.06. The van der Waals surface area contributed by atoms with Crippen LogP contribution in [0.5, 0.6) is 11.5 Å². The Morgan fingerprint density at radius 2 is 1.88 bits per heavy atom. The quantitative estimate of drug-likeness (QED) is 0.875. The van der Waals surface area contributed by atoms with E-state index in [0.29, 0.717) is 21.5 Å². The maximum atomic E-state index is 12.6. The summed E-state index contributed by atoms with van der Waals surface area (Å²) in [6, 6.07) is 9.48. The molecule has 0 saturated heterocycles. The standard InChI is InChI=1S/C17H14N2O6S/c1-10(16(20)18-11-6-7-13-14(8-11)25-9-24-13)19-17(21)12-4-2-3-5-15(12)26(19,22)23/h2-8,10H,9H2,1H3,(H,18,20). The summed E-state index contributed by atoms with van der Waals surface area (Å²) in [4.78, 5) is 24.9. The van der Waals surface area contributed by atoms with Crippen LogP contribution in [0.15, 0.2) is 47.4 Å². The smallest absolute Gasteiger partial charge is 0.269 e. The van der Waals surface area contributed by atoms with Crippen LogP contribution in [0.1, 0.15) is 17.3 Å². The molecular weight excluding hydrogens is 360 g/mol. The van der Waals surface area contributed by atoms with Crippen LogP contribution in [0.3, 0.4) is 0 Å². The van der Waals surface area contributed by atoms with Crippen molar-refractivity contribution < 1.29 is 27.5 Å². The second-order valence-electron chi connectivity index (χ2n) is 5.84. The molecule has 8 nitrogen and oxygen atoms in total. The minimum atomic E-state index is -4.06. The van der Waals surface area contributed by atoms with E-state index in [2.05, 4.69) is 5.32 Å². The number of nitrogens with one attached hydrogen (secondary N) is 1.